The predicted octanol–water partition coefficient (Wildman–Crippen LogP) is 3.24. The second-order valence-electron chi connectivity index (χ2n) is 4.61. The van der Waals surface area contributed by atoms with Crippen LogP contribution in [-0.4, -0.2) is 18.0 Å². The lowest BCUT2D eigenvalue weighted by molar-refractivity contribution is -0.116. The molecule has 0 fully saturated rings. The fourth-order valence-electron chi connectivity index (χ4n) is 1.95. The van der Waals surface area contributed by atoms with Crippen molar-refractivity contribution < 1.29 is 9.53 Å². The molecule has 0 radical (unpaired) electrons. The van der Waals surface area contributed by atoms with E-state index in [-0.39, 0.29) is 10.9 Å². The molecule has 0 atom stereocenters. The van der Waals surface area contributed by atoms with Gasteiger partial charge in [0.15, 0.2) is 0 Å². The van der Waals surface area contributed by atoms with Crippen LogP contribution in [0.25, 0.3) is 0 Å². The van der Waals surface area contributed by atoms with Crippen molar-refractivity contribution >= 4 is 28.8 Å². The standard InChI is InChI=1S/C15H22N2O2S/c1-3-4-5-6-10-13(18)17-14-11(15(16)20)8-7-9-12(14)19-2/h7-9H,3-6,10H2,1-2H3,(H2,16,20)(H,17,18). The van der Waals surface area contributed by atoms with Gasteiger partial charge in [0.05, 0.1) is 12.8 Å². The van der Waals surface area contributed by atoms with Crippen molar-refractivity contribution in [1.29, 1.82) is 0 Å². The molecule has 3 N–H and O–H groups in total. The minimum Gasteiger partial charge on any atom is -0.495 e. The number of anilines is 1. The molecular weight excluding hydrogens is 272 g/mol. The Balaban J connectivity index is 2.74. The highest BCUT2D eigenvalue weighted by Gasteiger charge is 2.13. The van der Waals surface area contributed by atoms with Gasteiger partial charge in [0.2, 0.25) is 5.91 Å². The molecule has 4 nitrogen and oxygen atoms in total. The van der Waals surface area contributed by atoms with Gasteiger partial charge in [-0.1, -0.05) is 44.5 Å². The molecule has 0 aliphatic rings. The van der Waals surface area contributed by atoms with Gasteiger partial charge in [-0.2, -0.15) is 0 Å². The third-order valence-electron chi connectivity index (χ3n) is 3.03. The van der Waals surface area contributed by atoms with Crippen molar-refractivity contribution in [1.82, 2.24) is 0 Å². The number of hydrogen-bond donors (Lipinski definition) is 2. The number of nitrogens with two attached hydrogens (primary N) is 1. The molecule has 0 unspecified atom stereocenters. The van der Waals surface area contributed by atoms with E-state index in [0.717, 1.165) is 25.7 Å². The van der Waals surface area contributed by atoms with E-state index in [1.807, 2.05) is 0 Å². The lowest BCUT2D eigenvalue weighted by Crippen LogP contribution is -2.18. The van der Waals surface area contributed by atoms with Crippen molar-refractivity contribution in [2.24, 2.45) is 5.73 Å². The Hall–Kier alpha value is -1.62. The first kappa shape index (κ1) is 16.4. The molecule has 0 aliphatic carbocycles. The average Bonchev–Trinajstić information content (AvgIpc) is 2.43. The molecule has 1 rings (SSSR count). The van der Waals surface area contributed by atoms with Crippen LogP contribution < -0.4 is 15.8 Å². The van der Waals surface area contributed by atoms with Gasteiger partial charge >= 0.3 is 0 Å². The Morgan fingerprint density at radius 2 is 2.10 bits per heavy atom. The fourth-order valence-corrected chi connectivity index (χ4v) is 2.12. The normalized spacial score (nSPS) is 10.1. The van der Waals surface area contributed by atoms with Gasteiger partial charge in [-0.05, 0) is 18.6 Å². The number of para-hydroxylation sites is 1. The molecule has 20 heavy (non-hydrogen) atoms. The van der Waals surface area contributed by atoms with Crippen LogP contribution >= 0.6 is 12.2 Å². The first-order valence-corrected chi connectivity index (χ1v) is 7.27. The van der Waals surface area contributed by atoms with Gasteiger partial charge in [0.25, 0.3) is 0 Å². The summed E-state index contributed by atoms with van der Waals surface area (Å²) < 4.78 is 5.25. The SMILES string of the molecule is CCCCCCC(=O)Nc1c(OC)cccc1C(N)=S. The number of hydrogen-bond acceptors (Lipinski definition) is 3. The average molecular weight is 294 g/mol. The van der Waals surface area contributed by atoms with E-state index in [9.17, 15) is 4.79 Å². The number of ether oxygens (including phenoxy) is 1. The monoisotopic (exact) mass is 294 g/mol. The number of unbranched alkanes of at least 4 members (excludes halogenated alkanes) is 3. The summed E-state index contributed by atoms with van der Waals surface area (Å²) in [4.78, 5) is 12.2. The maximum Gasteiger partial charge on any atom is 0.224 e. The number of rotatable bonds is 8. The second kappa shape index (κ2) is 8.53. The highest BCUT2D eigenvalue weighted by atomic mass is 32.1. The van der Waals surface area contributed by atoms with Crippen molar-refractivity contribution in [3.05, 3.63) is 23.8 Å². The summed E-state index contributed by atoms with van der Waals surface area (Å²) in [6, 6.07) is 5.34. The Kier molecular flexibility index (Phi) is 7.01. The van der Waals surface area contributed by atoms with Crippen molar-refractivity contribution in [3.63, 3.8) is 0 Å². The van der Waals surface area contributed by atoms with Crippen LogP contribution in [0.5, 0.6) is 5.75 Å². The van der Waals surface area contributed by atoms with Crippen LogP contribution in [0.15, 0.2) is 18.2 Å². The Morgan fingerprint density at radius 1 is 1.35 bits per heavy atom. The zero-order valence-electron chi connectivity index (χ0n) is 12.1. The molecule has 0 aliphatic heterocycles. The van der Waals surface area contributed by atoms with Crippen molar-refractivity contribution in [3.8, 4) is 5.75 Å². The highest BCUT2D eigenvalue weighted by Crippen LogP contribution is 2.28. The van der Waals surface area contributed by atoms with Crippen LogP contribution in [-0.2, 0) is 4.79 Å². The van der Waals surface area contributed by atoms with Crippen molar-refractivity contribution in [2.45, 2.75) is 39.0 Å². The molecule has 0 heterocycles. The van der Waals surface area contributed by atoms with E-state index in [1.54, 1.807) is 25.3 Å². The van der Waals surface area contributed by atoms with E-state index in [0.29, 0.717) is 23.4 Å². The van der Waals surface area contributed by atoms with Gasteiger partial charge in [-0.15, -0.1) is 0 Å². The predicted molar refractivity (Wildman–Crippen MR) is 86.3 cm³/mol. The zero-order valence-corrected chi connectivity index (χ0v) is 12.9. The van der Waals surface area contributed by atoms with E-state index >= 15 is 0 Å². The quantitative estimate of drug-likeness (QED) is 0.570. The van der Waals surface area contributed by atoms with Gasteiger partial charge in [0, 0.05) is 12.0 Å². The number of benzene rings is 1. The highest BCUT2D eigenvalue weighted by molar-refractivity contribution is 7.80. The minimum absolute atomic E-state index is 0.0388. The van der Waals surface area contributed by atoms with Crippen LogP contribution in [0.4, 0.5) is 5.69 Å². The molecule has 0 aromatic heterocycles. The Labute approximate surface area is 125 Å². The lowest BCUT2D eigenvalue weighted by Gasteiger charge is -2.14. The fraction of sp³-hybridized carbons (Fsp3) is 0.467. The number of thiocarbonyl (C=S) groups is 1. The van der Waals surface area contributed by atoms with Crippen LogP contribution in [0.1, 0.15) is 44.6 Å². The number of methoxy groups -OCH3 is 1. The first-order valence-electron chi connectivity index (χ1n) is 6.86. The third kappa shape index (κ3) is 4.81. The maximum atomic E-state index is 12.0. The molecule has 0 spiro atoms. The number of carbonyl (C=O) groups excluding carboxylic acids is 1. The van der Waals surface area contributed by atoms with E-state index in [2.05, 4.69) is 12.2 Å². The molecule has 1 amide bonds. The Bertz CT molecular complexity index is 475. The number of carbonyl (C=O) groups is 1. The smallest absolute Gasteiger partial charge is 0.224 e. The molecular formula is C15H22N2O2S. The molecule has 5 heteroatoms. The molecule has 1 aromatic carbocycles. The summed E-state index contributed by atoms with van der Waals surface area (Å²) in [6.45, 7) is 2.14. The number of nitrogens with one attached hydrogen (secondary N) is 1. The molecule has 0 bridgehead atoms. The largest absolute Gasteiger partial charge is 0.495 e. The van der Waals surface area contributed by atoms with E-state index in [1.165, 1.54) is 0 Å². The number of amides is 1. The van der Waals surface area contributed by atoms with Crippen molar-refractivity contribution in [2.75, 3.05) is 12.4 Å². The van der Waals surface area contributed by atoms with Crippen LogP contribution in [0, 0.1) is 0 Å². The van der Waals surface area contributed by atoms with Crippen LogP contribution in [0.2, 0.25) is 0 Å². The molecule has 1 aromatic rings. The topological polar surface area (TPSA) is 64.3 Å². The molecule has 110 valence electrons. The summed E-state index contributed by atoms with van der Waals surface area (Å²) in [5.41, 5.74) is 6.86. The molecule has 0 saturated carbocycles. The third-order valence-corrected chi connectivity index (χ3v) is 3.25. The van der Waals surface area contributed by atoms with E-state index < -0.39 is 0 Å². The van der Waals surface area contributed by atoms with E-state index in [4.69, 9.17) is 22.7 Å². The lowest BCUT2D eigenvalue weighted by atomic mass is 10.1. The zero-order chi connectivity index (χ0) is 15.0. The minimum atomic E-state index is -0.0388. The second-order valence-corrected chi connectivity index (χ2v) is 5.05. The summed E-state index contributed by atoms with van der Waals surface area (Å²) in [6.07, 6.45) is 4.75. The summed E-state index contributed by atoms with van der Waals surface area (Å²) in [5.74, 6) is 0.528. The van der Waals surface area contributed by atoms with Gasteiger partial charge in [-0.25, -0.2) is 0 Å². The Morgan fingerprint density at radius 3 is 2.70 bits per heavy atom. The summed E-state index contributed by atoms with van der Waals surface area (Å²) in [5, 5.41) is 2.86. The van der Waals surface area contributed by atoms with Gasteiger partial charge in [0.1, 0.15) is 10.7 Å². The summed E-state index contributed by atoms with van der Waals surface area (Å²) >= 11 is 5.00. The maximum absolute atomic E-state index is 12.0. The first-order chi connectivity index (χ1) is 9.60. The van der Waals surface area contributed by atoms with Gasteiger partial charge < -0.3 is 15.8 Å². The van der Waals surface area contributed by atoms with Crippen LogP contribution in [0.3, 0.4) is 0 Å². The summed E-state index contributed by atoms with van der Waals surface area (Å²) in [7, 11) is 1.55. The van der Waals surface area contributed by atoms with Gasteiger partial charge in [-0.3, -0.25) is 4.79 Å². The molecule has 0 saturated heterocycles.